The molecular formula is C13H15FN4O. The third-order valence-electron chi connectivity index (χ3n) is 2.38. The van der Waals surface area contributed by atoms with Crippen LogP contribution in [-0.2, 0) is 0 Å². The Bertz CT molecular complexity index is 562. The number of nitrogen functional groups attached to an aromatic ring is 1. The van der Waals surface area contributed by atoms with E-state index in [0.29, 0.717) is 29.7 Å². The van der Waals surface area contributed by atoms with Gasteiger partial charge in [-0.1, -0.05) is 13.0 Å². The van der Waals surface area contributed by atoms with Gasteiger partial charge in [0.25, 0.3) is 0 Å². The van der Waals surface area contributed by atoms with Gasteiger partial charge in [-0.3, -0.25) is 0 Å². The quantitative estimate of drug-likeness (QED) is 0.866. The number of hydrogen-bond acceptors (Lipinski definition) is 5. The van der Waals surface area contributed by atoms with Crippen molar-refractivity contribution in [2.75, 3.05) is 17.7 Å². The van der Waals surface area contributed by atoms with Crippen LogP contribution in [-0.4, -0.2) is 16.6 Å². The first-order chi connectivity index (χ1) is 9.20. The summed E-state index contributed by atoms with van der Waals surface area (Å²) in [5, 5.41) is 2.93. The summed E-state index contributed by atoms with van der Waals surface area (Å²) >= 11 is 0. The highest BCUT2D eigenvalue weighted by Crippen LogP contribution is 2.27. The van der Waals surface area contributed by atoms with Gasteiger partial charge in [0.15, 0.2) is 5.82 Å². The zero-order valence-corrected chi connectivity index (χ0v) is 10.6. The Balaban J connectivity index is 2.20. The summed E-state index contributed by atoms with van der Waals surface area (Å²) < 4.78 is 18.5. The van der Waals surface area contributed by atoms with Crippen LogP contribution < -0.4 is 15.8 Å². The first kappa shape index (κ1) is 13.1. The van der Waals surface area contributed by atoms with Crippen molar-refractivity contribution in [2.24, 2.45) is 0 Å². The van der Waals surface area contributed by atoms with Gasteiger partial charge in [-0.15, -0.1) is 0 Å². The van der Waals surface area contributed by atoms with Crippen LogP contribution in [0.15, 0.2) is 30.6 Å². The maximum absolute atomic E-state index is 13.1. The molecule has 6 heteroatoms. The lowest BCUT2D eigenvalue weighted by molar-refractivity contribution is 0.307. The molecule has 0 saturated heterocycles. The molecule has 2 rings (SSSR count). The largest absolute Gasteiger partial charge is 0.476 e. The summed E-state index contributed by atoms with van der Waals surface area (Å²) in [6.45, 7) is 2.52. The molecule has 1 aromatic heterocycles. The summed E-state index contributed by atoms with van der Waals surface area (Å²) in [5.41, 5.74) is 6.77. The molecule has 100 valence electrons. The fourth-order valence-electron chi connectivity index (χ4n) is 1.50. The molecule has 0 aliphatic heterocycles. The monoisotopic (exact) mass is 262 g/mol. The van der Waals surface area contributed by atoms with Crippen molar-refractivity contribution in [3.05, 3.63) is 36.4 Å². The number of nitrogens with one attached hydrogen (secondary N) is 1. The van der Waals surface area contributed by atoms with Crippen LogP contribution in [0, 0.1) is 5.82 Å². The van der Waals surface area contributed by atoms with Crippen molar-refractivity contribution >= 4 is 17.2 Å². The van der Waals surface area contributed by atoms with Crippen molar-refractivity contribution in [3.63, 3.8) is 0 Å². The minimum Gasteiger partial charge on any atom is -0.476 e. The van der Waals surface area contributed by atoms with Crippen molar-refractivity contribution < 1.29 is 9.13 Å². The minimum absolute atomic E-state index is 0.306. The number of nitrogens with two attached hydrogens (primary N) is 1. The molecule has 0 saturated carbocycles. The number of nitrogens with zero attached hydrogens (tertiary/aromatic N) is 2. The maximum atomic E-state index is 13.1. The van der Waals surface area contributed by atoms with E-state index in [1.807, 2.05) is 6.92 Å². The molecule has 1 heterocycles. The van der Waals surface area contributed by atoms with E-state index in [1.54, 1.807) is 12.1 Å². The average molecular weight is 262 g/mol. The van der Waals surface area contributed by atoms with Gasteiger partial charge in [0.2, 0.25) is 5.88 Å². The van der Waals surface area contributed by atoms with Gasteiger partial charge in [-0.25, -0.2) is 9.37 Å². The first-order valence-corrected chi connectivity index (χ1v) is 5.96. The van der Waals surface area contributed by atoms with E-state index < -0.39 is 0 Å². The predicted molar refractivity (Wildman–Crippen MR) is 71.9 cm³/mol. The number of benzene rings is 1. The Morgan fingerprint density at radius 2 is 2.21 bits per heavy atom. The lowest BCUT2D eigenvalue weighted by Crippen LogP contribution is -2.05. The molecule has 0 bridgehead atoms. The van der Waals surface area contributed by atoms with Gasteiger partial charge in [0.1, 0.15) is 17.8 Å². The van der Waals surface area contributed by atoms with Crippen LogP contribution >= 0.6 is 0 Å². The Kier molecular flexibility index (Phi) is 4.12. The third kappa shape index (κ3) is 3.31. The predicted octanol–water partition coefficient (Wildman–Crippen LogP) is 2.73. The Morgan fingerprint density at radius 3 is 2.95 bits per heavy atom. The molecule has 5 nitrogen and oxygen atoms in total. The second-order valence-corrected chi connectivity index (χ2v) is 3.92. The van der Waals surface area contributed by atoms with E-state index in [4.69, 9.17) is 10.5 Å². The van der Waals surface area contributed by atoms with Crippen LogP contribution in [0.25, 0.3) is 0 Å². The Labute approximate surface area is 110 Å². The van der Waals surface area contributed by atoms with Gasteiger partial charge in [0.05, 0.1) is 6.61 Å². The zero-order chi connectivity index (χ0) is 13.7. The van der Waals surface area contributed by atoms with Crippen LogP contribution in [0.4, 0.5) is 21.6 Å². The van der Waals surface area contributed by atoms with E-state index in [2.05, 4.69) is 15.3 Å². The van der Waals surface area contributed by atoms with Crippen LogP contribution in [0.5, 0.6) is 5.88 Å². The summed E-state index contributed by atoms with van der Waals surface area (Å²) in [6, 6.07) is 6.04. The molecule has 0 unspecified atom stereocenters. The minimum atomic E-state index is -0.333. The SMILES string of the molecule is CCCOc1ncnc(Nc2cccc(F)c2)c1N. The van der Waals surface area contributed by atoms with Gasteiger partial charge in [-0.05, 0) is 24.6 Å². The standard InChI is InChI=1S/C13H15FN4O/c1-2-6-19-13-11(15)12(16-8-17-13)18-10-5-3-4-9(14)7-10/h3-5,7-8H,2,6,15H2,1H3,(H,16,17,18). The molecule has 0 amide bonds. The Morgan fingerprint density at radius 1 is 1.37 bits per heavy atom. The van der Waals surface area contributed by atoms with Crippen LogP contribution in [0.3, 0.4) is 0 Å². The van der Waals surface area contributed by atoms with Gasteiger partial charge < -0.3 is 15.8 Å². The van der Waals surface area contributed by atoms with Gasteiger partial charge in [-0.2, -0.15) is 4.98 Å². The molecule has 0 spiro atoms. The highest BCUT2D eigenvalue weighted by Gasteiger charge is 2.09. The number of halogens is 1. The number of rotatable bonds is 5. The topological polar surface area (TPSA) is 73.1 Å². The number of hydrogen-bond donors (Lipinski definition) is 2. The average Bonchev–Trinajstić information content (AvgIpc) is 2.40. The highest BCUT2D eigenvalue weighted by atomic mass is 19.1. The molecule has 0 radical (unpaired) electrons. The van der Waals surface area contributed by atoms with Crippen molar-refractivity contribution in [1.82, 2.24) is 9.97 Å². The normalized spacial score (nSPS) is 10.2. The summed E-state index contributed by atoms with van der Waals surface area (Å²) in [5.74, 6) is 0.391. The van der Waals surface area contributed by atoms with E-state index in [9.17, 15) is 4.39 Å². The molecule has 3 N–H and O–H groups in total. The van der Waals surface area contributed by atoms with Crippen molar-refractivity contribution in [1.29, 1.82) is 0 Å². The summed E-state index contributed by atoms with van der Waals surface area (Å²) in [6.07, 6.45) is 2.21. The van der Waals surface area contributed by atoms with Crippen LogP contribution in [0.1, 0.15) is 13.3 Å². The maximum Gasteiger partial charge on any atom is 0.242 e. The molecule has 0 fully saturated rings. The van der Waals surface area contributed by atoms with Crippen molar-refractivity contribution in [3.8, 4) is 5.88 Å². The third-order valence-corrected chi connectivity index (χ3v) is 2.38. The molecule has 1 aromatic carbocycles. The number of aromatic nitrogens is 2. The lowest BCUT2D eigenvalue weighted by atomic mass is 10.3. The first-order valence-electron chi connectivity index (χ1n) is 5.96. The Hall–Kier alpha value is -2.37. The molecular weight excluding hydrogens is 247 g/mol. The molecule has 0 atom stereocenters. The summed E-state index contributed by atoms with van der Waals surface area (Å²) in [7, 11) is 0. The number of ether oxygens (including phenoxy) is 1. The van der Waals surface area contributed by atoms with E-state index in [-0.39, 0.29) is 5.82 Å². The van der Waals surface area contributed by atoms with Gasteiger partial charge in [0, 0.05) is 5.69 Å². The fraction of sp³-hybridized carbons (Fsp3) is 0.231. The molecule has 0 aliphatic rings. The molecule has 0 aliphatic carbocycles. The summed E-state index contributed by atoms with van der Waals surface area (Å²) in [4.78, 5) is 7.99. The van der Waals surface area contributed by atoms with E-state index in [0.717, 1.165) is 6.42 Å². The molecule has 19 heavy (non-hydrogen) atoms. The van der Waals surface area contributed by atoms with E-state index >= 15 is 0 Å². The van der Waals surface area contributed by atoms with Crippen molar-refractivity contribution in [2.45, 2.75) is 13.3 Å². The van der Waals surface area contributed by atoms with E-state index in [1.165, 1.54) is 18.5 Å². The smallest absolute Gasteiger partial charge is 0.242 e. The van der Waals surface area contributed by atoms with Gasteiger partial charge >= 0.3 is 0 Å². The second-order valence-electron chi connectivity index (χ2n) is 3.92. The molecule has 2 aromatic rings. The number of anilines is 3. The highest BCUT2D eigenvalue weighted by molar-refractivity contribution is 5.71. The second kappa shape index (κ2) is 5.99. The zero-order valence-electron chi connectivity index (χ0n) is 10.6. The van der Waals surface area contributed by atoms with Crippen LogP contribution in [0.2, 0.25) is 0 Å². The lowest BCUT2D eigenvalue weighted by Gasteiger charge is -2.11. The fourth-order valence-corrected chi connectivity index (χ4v) is 1.50.